The molecule has 0 spiro atoms. The van der Waals surface area contributed by atoms with Crippen molar-refractivity contribution in [2.45, 2.75) is 50.8 Å². The number of carbonyl (C=O) groups excluding carboxylic acids is 1. The van der Waals surface area contributed by atoms with Gasteiger partial charge in [-0.3, -0.25) is 14.9 Å². The van der Waals surface area contributed by atoms with E-state index in [0.717, 1.165) is 27.7 Å². The molecule has 0 aliphatic heterocycles. The topological polar surface area (TPSA) is 78.5 Å². The van der Waals surface area contributed by atoms with Crippen LogP contribution < -0.4 is 15.0 Å². The van der Waals surface area contributed by atoms with Crippen LogP contribution in [0.15, 0.2) is 139 Å². The highest BCUT2D eigenvalue weighted by Crippen LogP contribution is 2.38. The Morgan fingerprint density at radius 2 is 1.44 bits per heavy atom. The molecule has 0 saturated heterocycles. The Kier molecular flexibility index (Phi) is 9.73. The van der Waals surface area contributed by atoms with E-state index in [0.29, 0.717) is 18.6 Å². The van der Waals surface area contributed by atoms with E-state index in [-0.39, 0.29) is 18.7 Å². The van der Waals surface area contributed by atoms with Gasteiger partial charge < -0.3 is 9.47 Å². The Labute approximate surface area is 282 Å². The number of allylic oxidation sites excluding steroid dienone is 3. The lowest BCUT2D eigenvalue weighted by Gasteiger charge is -2.40. The molecule has 1 aliphatic rings. The number of benzene rings is 4. The molecular weight excluding hydrogens is 600 g/mol. The zero-order chi connectivity index (χ0) is 33.6. The Hall–Kier alpha value is -5.21. The van der Waals surface area contributed by atoms with Gasteiger partial charge in [0.1, 0.15) is 17.4 Å². The molecule has 8 heteroatoms. The van der Waals surface area contributed by atoms with Crippen LogP contribution in [0.4, 0.5) is 0 Å². The van der Waals surface area contributed by atoms with Gasteiger partial charge in [0.2, 0.25) is 5.52 Å². The van der Waals surface area contributed by atoms with E-state index in [2.05, 4.69) is 52.9 Å². The van der Waals surface area contributed by atoms with Crippen molar-refractivity contribution in [3.8, 4) is 0 Å². The SMILES string of the molecule is Cn1nc2ccccc2[n+]1OCOC1=CCC(CC(NC(c2ccccc2)(c2ccccc2)c2ccccc2)C(=O)OC(C)(C)C)C=C1. The number of nitrogens with one attached hydrogen (secondary N) is 1. The number of hydrogen-bond acceptors (Lipinski definition) is 6. The number of carbonyl (C=O) groups is 1. The van der Waals surface area contributed by atoms with Crippen molar-refractivity contribution in [1.82, 2.24) is 15.2 Å². The molecule has 6 rings (SSSR count). The van der Waals surface area contributed by atoms with Crippen LogP contribution in [0.5, 0.6) is 0 Å². The number of ether oxygens (including phenoxy) is 2. The number of para-hydroxylation sites is 1. The molecule has 2 unspecified atom stereocenters. The van der Waals surface area contributed by atoms with Crippen LogP contribution >= 0.6 is 0 Å². The molecule has 0 bridgehead atoms. The number of aromatic nitrogens is 3. The number of esters is 1. The van der Waals surface area contributed by atoms with Gasteiger partial charge >= 0.3 is 5.97 Å². The van der Waals surface area contributed by atoms with Gasteiger partial charge in [-0.2, -0.15) is 0 Å². The fraction of sp³-hybridized carbons (Fsp3) is 0.275. The molecule has 1 aromatic heterocycles. The molecule has 246 valence electrons. The molecule has 1 N–H and O–H groups in total. The average molecular weight is 644 g/mol. The highest BCUT2D eigenvalue weighted by molar-refractivity contribution is 5.77. The summed E-state index contributed by atoms with van der Waals surface area (Å²) in [6, 6.07) is 38.1. The Morgan fingerprint density at radius 1 is 0.875 bits per heavy atom. The smallest absolute Gasteiger partial charge is 0.323 e. The van der Waals surface area contributed by atoms with Crippen LogP contribution in [0.1, 0.15) is 50.3 Å². The summed E-state index contributed by atoms with van der Waals surface area (Å²) in [4.78, 5) is 23.2. The molecule has 1 heterocycles. The third-order valence-corrected chi connectivity index (χ3v) is 8.40. The predicted molar refractivity (Wildman–Crippen MR) is 185 cm³/mol. The van der Waals surface area contributed by atoms with E-state index in [4.69, 9.17) is 14.3 Å². The quantitative estimate of drug-likeness (QED) is 0.0734. The second kappa shape index (κ2) is 14.3. The molecule has 0 fully saturated rings. The summed E-state index contributed by atoms with van der Waals surface area (Å²) in [5.74, 6) is 0.494. The predicted octanol–water partition coefficient (Wildman–Crippen LogP) is 6.41. The molecule has 2 atom stereocenters. The summed E-state index contributed by atoms with van der Waals surface area (Å²) in [6.45, 7) is 5.73. The van der Waals surface area contributed by atoms with E-state index in [1.165, 1.54) is 0 Å². The third kappa shape index (κ3) is 7.34. The zero-order valence-electron chi connectivity index (χ0n) is 28.0. The molecule has 1 aliphatic carbocycles. The first kappa shape index (κ1) is 32.7. The van der Waals surface area contributed by atoms with Gasteiger partial charge in [-0.1, -0.05) is 109 Å². The molecule has 5 aromatic rings. The van der Waals surface area contributed by atoms with Crippen LogP contribution in [-0.4, -0.2) is 34.3 Å². The second-order valence-corrected chi connectivity index (χ2v) is 13.0. The maximum atomic E-state index is 14.1. The van der Waals surface area contributed by atoms with E-state index >= 15 is 0 Å². The fourth-order valence-electron chi connectivity index (χ4n) is 6.25. The monoisotopic (exact) mass is 643 g/mol. The molecular formula is C40H43N4O4+. The molecule has 0 saturated carbocycles. The van der Waals surface area contributed by atoms with Crippen LogP contribution in [-0.2, 0) is 26.9 Å². The van der Waals surface area contributed by atoms with Gasteiger partial charge in [-0.25, -0.2) is 0 Å². The second-order valence-electron chi connectivity index (χ2n) is 13.0. The fourth-order valence-corrected chi connectivity index (χ4v) is 6.25. The number of hydrogen-bond donors (Lipinski definition) is 1. The third-order valence-electron chi connectivity index (χ3n) is 8.40. The standard InChI is InChI=1S/C40H43N4O4/c1-39(2,3)48-38(45)36(28-30-24-26-34(27-25-30)46-29-47-44-37-23-15-14-22-35(37)42-43(44)4)41-40(31-16-8-5-9-17-31,32-18-10-6-11-19-32)33-20-12-7-13-21-33/h5-24,26-27,30,36,41H,25,28-29H2,1-4H3/q+1. The van der Waals surface area contributed by atoms with E-state index in [1.807, 2.05) is 119 Å². The Bertz CT molecular complexity index is 1780. The summed E-state index contributed by atoms with van der Waals surface area (Å²) in [6.07, 6.45) is 7.33. The number of fused-ring (bicyclic) bond motifs is 1. The number of rotatable bonds is 12. The van der Waals surface area contributed by atoms with Gasteiger partial charge in [-0.15, -0.1) is 0 Å². The largest absolute Gasteiger partial charge is 0.459 e. The van der Waals surface area contributed by atoms with Crippen LogP contribution in [0.3, 0.4) is 0 Å². The van der Waals surface area contributed by atoms with Crippen molar-refractivity contribution in [1.29, 1.82) is 0 Å². The molecule has 8 nitrogen and oxygen atoms in total. The van der Waals surface area contributed by atoms with Gasteiger partial charge in [0.25, 0.3) is 12.3 Å². The van der Waals surface area contributed by atoms with Crippen molar-refractivity contribution in [3.63, 3.8) is 0 Å². The number of aryl methyl sites for hydroxylation is 1. The average Bonchev–Trinajstić information content (AvgIpc) is 3.42. The Balaban J connectivity index is 1.24. The lowest BCUT2D eigenvalue weighted by Crippen LogP contribution is -2.54. The van der Waals surface area contributed by atoms with Crippen molar-refractivity contribution in [2.75, 3.05) is 6.79 Å². The lowest BCUT2D eigenvalue weighted by molar-refractivity contribution is -0.939. The summed E-state index contributed by atoms with van der Waals surface area (Å²) < 4.78 is 12.0. The minimum Gasteiger partial charge on any atom is -0.459 e. The molecule has 0 radical (unpaired) electrons. The lowest BCUT2D eigenvalue weighted by atomic mass is 9.76. The molecule has 4 aromatic carbocycles. The summed E-state index contributed by atoms with van der Waals surface area (Å²) in [5, 5.41) is 8.34. The summed E-state index contributed by atoms with van der Waals surface area (Å²) in [5.41, 5.74) is 3.32. The van der Waals surface area contributed by atoms with Crippen molar-refractivity contribution in [2.24, 2.45) is 13.0 Å². The van der Waals surface area contributed by atoms with E-state index < -0.39 is 17.2 Å². The van der Waals surface area contributed by atoms with Crippen LogP contribution in [0.2, 0.25) is 0 Å². The molecule has 0 amide bonds. The number of nitrogens with zero attached hydrogens (tertiary/aromatic N) is 3. The molecule has 48 heavy (non-hydrogen) atoms. The van der Waals surface area contributed by atoms with Gasteiger partial charge in [0, 0.05) is 4.85 Å². The van der Waals surface area contributed by atoms with Crippen molar-refractivity contribution < 1.29 is 24.0 Å². The first-order valence-electron chi connectivity index (χ1n) is 16.4. The highest BCUT2D eigenvalue weighted by atomic mass is 16.8. The highest BCUT2D eigenvalue weighted by Gasteiger charge is 2.41. The van der Waals surface area contributed by atoms with Crippen molar-refractivity contribution >= 4 is 17.0 Å². The van der Waals surface area contributed by atoms with Crippen LogP contribution in [0, 0.1) is 5.92 Å². The summed E-state index contributed by atoms with van der Waals surface area (Å²) >= 11 is 0. The summed E-state index contributed by atoms with van der Waals surface area (Å²) in [7, 11) is 1.82. The van der Waals surface area contributed by atoms with E-state index in [9.17, 15) is 4.79 Å². The normalized spacial score (nSPS) is 15.5. The minimum absolute atomic E-state index is 0.0187. The van der Waals surface area contributed by atoms with Crippen molar-refractivity contribution in [3.05, 3.63) is 156 Å². The van der Waals surface area contributed by atoms with Gasteiger partial charge in [0.05, 0.1) is 17.7 Å². The maximum Gasteiger partial charge on any atom is 0.323 e. The maximum absolute atomic E-state index is 14.1. The van der Waals surface area contributed by atoms with E-state index in [1.54, 1.807) is 9.64 Å². The first-order valence-corrected chi connectivity index (χ1v) is 16.4. The van der Waals surface area contributed by atoms with Gasteiger partial charge in [-0.05, 0) is 85.3 Å². The van der Waals surface area contributed by atoms with Crippen LogP contribution in [0.25, 0.3) is 11.0 Å². The van der Waals surface area contributed by atoms with Gasteiger partial charge in [0.15, 0.2) is 0 Å². The minimum atomic E-state index is -0.821. The Morgan fingerprint density at radius 3 is 1.98 bits per heavy atom. The first-order chi connectivity index (χ1) is 23.2. The zero-order valence-corrected chi connectivity index (χ0v) is 28.0.